The Hall–Kier alpha value is -2.74. The van der Waals surface area contributed by atoms with Crippen molar-refractivity contribution in [3.63, 3.8) is 0 Å². The van der Waals surface area contributed by atoms with E-state index in [-0.39, 0.29) is 16.8 Å². The van der Waals surface area contributed by atoms with Crippen molar-refractivity contribution in [3.05, 3.63) is 48.0 Å². The van der Waals surface area contributed by atoms with E-state index >= 15 is 0 Å². The molecule has 7 nitrogen and oxygen atoms in total. The van der Waals surface area contributed by atoms with Gasteiger partial charge in [-0.2, -0.15) is 0 Å². The molecule has 0 aliphatic heterocycles. The normalized spacial score (nSPS) is 13.7. The van der Waals surface area contributed by atoms with E-state index in [9.17, 15) is 13.2 Å². The van der Waals surface area contributed by atoms with Gasteiger partial charge in [0.15, 0.2) is 0 Å². The number of carbonyl (C=O) groups excluding carboxylic acids is 1. The molecule has 0 spiro atoms. The van der Waals surface area contributed by atoms with Gasteiger partial charge in [-0.05, 0) is 60.9 Å². The monoisotopic (exact) mass is 417 g/mol. The number of nitrogens with zero attached hydrogens (tertiary/aromatic N) is 2. The second kappa shape index (κ2) is 8.32. The third-order valence-electron chi connectivity index (χ3n) is 4.92. The first-order chi connectivity index (χ1) is 13.7. The van der Waals surface area contributed by atoms with Crippen LogP contribution in [0.15, 0.2) is 47.4 Å². The van der Waals surface area contributed by atoms with Gasteiger partial charge in [0.05, 0.1) is 12.0 Å². The summed E-state index contributed by atoms with van der Waals surface area (Å²) < 4.78 is 33.2. The van der Waals surface area contributed by atoms with Gasteiger partial charge in [0.25, 0.3) is 10.0 Å². The lowest BCUT2D eigenvalue weighted by atomic mass is 10.1. The maximum atomic E-state index is 12.8. The van der Waals surface area contributed by atoms with E-state index in [1.165, 1.54) is 19.2 Å². The molecule has 0 radical (unpaired) electrons. The number of rotatable bonds is 8. The van der Waals surface area contributed by atoms with E-state index in [2.05, 4.69) is 4.72 Å². The van der Waals surface area contributed by atoms with E-state index in [1.807, 2.05) is 30.0 Å². The molecule has 0 bridgehead atoms. The lowest BCUT2D eigenvalue weighted by Crippen LogP contribution is -2.31. The number of nitrogens with one attached hydrogen (secondary N) is 1. The highest BCUT2D eigenvalue weighted by Crippen LogP contribution is 2.32. The van der Waals surface area contributed by atoms with Crippen molar-refractivity contribution in [2.75, 3.05) is 30.8 Å². The Morgan fingerprint density at radius 1 is 1.14 bits per heavy atom. The summed E-state index contributed by atoms with van der Waals surface area (Å²) in [6, 6.07) is 11.9. The summed E-state index contributed by atoms with van der Waals surface area (Å²) in [6.07, 6.45) is 2.03. The second-order valence-corrected chi connectivity index (χ2v) is 9.08. The molecule has 0 unspecified atom stereocenters. The quantitative estimate of drug-likeness (QED) is 0.714. The lowest BCUT2D eigenvalue weighted by Gasteiger charge is -2.25. The summed E-state index contributed by atoms with van der Waals surface area (Å²) in [4.78, 5) is 16.0. The minimum absolute atomic E-state index is 0.0291. The van der Waals surface area contributed by atoms with Crippen LogP contribution in [0.1, 0.15) is 25.3 Å². The molecule has 2 aromatic carbocycles. The fourth-order valence-electron chi connectivity index (χ4n) is 3.25. The van der Waals surface area contributed by atoms with Crippen LogP contribution >= 0.6 is 0 Å². The average molecular weight is 418 g/mol. The second-order valence-electron chi connectivity index (χ2n) is 7.40. The van der Waals surface area contributed by atoms with Crippen molar-refractivity contribution in [2.24, 2.45) is 0 Å². The molecule has 29 heavy (non-hydrogen) atoms. The zero-order valence-corrected chi connectivity index (χ0v) is 18.0. The molecular formula is C21H27N3O4S. The van der Waals surface area contributed by atoms with E-state index < -0.39 is 10.0 Å². The van der Waals surface area contributed by atoms with Crippen molar-refractivity contribution >= 4 is 27.3 Å². The van der Waals surface area contributed by atoms with Crippen molar-refractivity contribution in [1.29, 1.82) is 0 Å². The third-order valence-corrected chi connectivity index (χ3v) is 6.31. The largest absolute Gasteiger partial charge is 0.497 e. The predicted molar refractivity (Wildman–Crippen MR) is 114 cm³/mol. The molecule has 0 heterocycles. The predicted octanol–water partition coefficient (Wildman–Crippen LogP) is 3.07. The summed E-state index contributed by atoms with van der Waals surface area (Å²) in [6.45, 7) is 2.02. The van der Waals surface area contributed by atoms with Crippen LogP contribution in [0.3, 0.4) is 0 Å². The fourth-order valence-corrected chi connectivity index (χ4v) is 4.30. The number of hydrogen-bond acceptors (Lipinski definition) is 5. The Morgan fingerprint density at radius 2 is 1.79 bits per heavy atom. The molecule has 8 heteroatoms. The molecule has 1 N–H and O–H groups in total. The molecule has 0 atom stereocenters. The first-order valence-electron chi connectivity index (χ1n) is 9.45. The standard InChI is InChI=1S/C21H27N3O4S/c1-15(25)24(18-6-7-18)14-16-13-17(5-12-21(16)23(2)3)22-29(26,27)20-10-8-19(28-4)9-11-20/h5,8-13,18,22H,6-7,14H2,1-4H3. The number of anilines is 2. The zero-order valence-electron chi connectivity index (χ0n) is 17.2. The number of benzene rings is 2. The SMILES string of the molecule is COc1ccc(S(=O)(=O)Nc2ccc(N(C)C)c(CN(C(C)=O)C3CC3)c2)cc1. The van der Waals surface area contributed by atoms with Crippen molar-refractivity contribution in [2.45, 2.75) is 37.2 Å². The van der Waals surface area contributed by atoms with Gasteiger partial charge < -0.3 is 14.5 Å². The molecule has 0 saturated heterocycles. The molecular weight excluding hydrogens is 390 g/mol. The Kier molecular flexibility index (Phi) is 6.02. The van der Waals surface area contributed by atoms with Gasteiger partial charge in [-0.1, -0.05) is 0 Å². The van der Waals surface area contributed by atoms with Crippen LogP contribution in [0.4, 0.5) is 11.4 Å². The summed E-state index contributed by atoms with van der Waals surface area (Å²) in [7, 11) is 1.64. The molecule has 1 fully saturated rings. The first-order valence-corrected chi connectivity index (χ1v) is 10.9. The Labute approximate surface area is 172 Å². The van der Waals surface area contributed by atoms with Crippen LogP contribution < -0.4 is 14.4 Å². The van der Waals surface area contributed by atoms with Gasteiger partial charge in [0, 0.05) is 45.0 Å². The molecule has 0 aromatic heterocycles. The minimum atomic E-state index is -3.74. The number of carbonyl (C=O) groups is 1. The van der Waals surface area contributed by atoms with Gasteiger partial charge in [-0.25, -0.2) is 8.42 Å². The van der Waals surface area contributed by atoms with Crippen LogP contribution in [0.5, 0.6) is 5.75 Å². The van der Waals surface area contributed by atoms with Crippen LogP contribution in [0.25, 0.3) is 0 Å². The van der Waals surface area contributed by atoms with Crippen molar-refractivity contribution in [3.8, 4) is 5.75 Å². The van der Waals surface area contributed by atoms with Crippen LogP contribution in [0, 0.1) is 0 Å². The van der Waals surface area contributed by atoms with Crippen LogP contribution in [-0.2, 0) is 21.4 Å². The third kappa shape index (κ3) is 5.00. The number of amides is 1. The highest BCUT2D eigenvalue weighted by Gasteiger charge is 2.31. The lowest BCUT2D eigenvalue weighted by molar-refractivity contribution is -0.130. The van der Waals surface area contributed by atoms with Gasteiger partial charge in [-0.3, -0.25) is 9.52 Å². The maximum absolute atomic E-state index is 12.8. The molecule has 156 valence electrons. The fraction of sp³-hybridized carbons (Fsp3) is 0.381. The van der Waals surface area contributed by atoms with Gasteiger partial charge in [-0.15, -0.1) is 0 Å². The molecule has 2 aromatic rings. The summed E-state index contributed by atoms with van der Waals surface area (Å²) in [5.74, 6) is 0.618. The molecule has 1 amide bonds. The van der Waals surface area contributed by atoms with Crippen LogP contribution in [0.2, 0.25) is 0 Å². The van der Waals surface area contributed by atoms with Crippen LogP contribution in [-0.4, -0.2) is 46.5 Å². The minimum Gasteiger partial charge on any atom is -0.497 e. The smallest absolute Gasteiger partial charge is 0.261 e. The molecule has 1 aliphatic carbocycles. The number of methoxy groups -OCH3 is 1. The van der Waals surface area contributed by atoms with E-state index in [4.69, 9.17) is 4.74 Å². The molecule has 1 saturated carbocycles. The average Bonchev–Trinajstić information content (AvgIpc) is 3.50. The summed E-state index contributed by atoms with van der Waals surface area (Å²) >= 11 is 0. The van der Waals surface area contributed by atoms with E-state index in [0.717, 1.165) is 24.1 Å². The van der Waals surface area contributed by atoms with Gasteiger partial charge >= 0.3 is 0 Å². The highest BCUT2D eigenvalue weighted by molar-refractivity contribution is 7.92. The van der Waals surface area contributed by atoms with Gasteiger partial charge in [0.1, 0.15) is 5.75 Å². The Bertz CT molecular complexity index is 983. The highest BCUT2D eigenvalue weighted by atomic mass is 32.2. The molecule has 1 aliphatic rings. The topological polar surface area (TPSA) is 79.0 Å². The Morgan fingerprint density at radius 3 is 2.31 bits per heavy atom. The van der Waals surface area contributed by atoms with Crippen molar-refractivity contribution in [1.82, 2.24) is 4.90 Å². The molecule has 3 rings (SSSR count). The number of ether oxygens (including phenoxy) is 1. The van der Waals surface area contributed by atoms with Gasteiger partial charge in [0.2, 0.25) is 5.91 Å². The maximum Gasteiger partial charge on any atom is 0.261 e. The van der Waals surface area contributed by atoms with E-state index in [0.29, 0.717) is 18.0 Å². The zero-order chi connectivity index (χ0) is 21.2. The number of sulfonamides is 1. The summed E-state index contributed by atoms with van der Waals surface area (Å²) in [5.41, 5.74) is 2.30. The first kappa shape index (κ1) is 21.0. The number of hydrogen-bond donors (Lipinski definition) is 1. The van der Waals surface area contributed by atoms with Crippen molar-refractivity contribution < 1.29 is 17.9 Å². The van der Waals surface area contributed by atoms with E-state index in [1.54, 1.807) is 31.2 Å². The summed E-state index contributed by atoms with van der Waals surface area (Å²) in [5, 5.41) is 0. The Balaban J connectivity index is 1.88.